The van der Waals surface area contributed by atoms with Crippen molar-refractivity contribution in [1.82, 2.24) is 0 Å². The zero-order valence-electron chi connectivity index (χ0n) is 10.8. The van der Waals surface area contributed by atoms with Gasteiger partial charge in [-0.1, -0.05) is 17.7 Å². The molecule has 0 aromatic heterocycles. The molecule has 1 aliphatic heterocycles. The first-order chi connectivity index (χ1) is 8.91. The van der Waals surface area contributed by atoms with Crippen LogP contribution in [0.25, 0.3) is 0 Å². The molecule has 5 heteroatoms. The second-order valence-electron chi connectivity index (χ2n) is 5.09. The Morgan fingerprint density at radius 2 is 2.11 bits per heavy atom. The largest absolute Gasteiger partial charge is 0.393 e. The summed E-state index contributed by atoms with van der Waals surface area (Å²) in [7, 11) is 0. The SMILES string of the molecule is Cc1ccc(N2CCCC(C(F)(F)F)C2)c(CCl)c1. The highest BCUT2D eigenvalue weighted by Gasteiger charge is 2.42. The number of alkyl halides is 4. The summed E-state index contributed by atoms with van der Waals surface area (Å²) >= 11 is 5.90. The molecule has 0 aliphatic carbocycles. The molecule has 1 unspecified atom stereocenters. The predicted octanol–water partition coefficient (Wildman–Crippen LogP) is 4.51. The van der Waals surface area contributed by atoms with Crippen molar-refractivity contribution >= 4 is 17.3 Å². The summed E-state index contributed by atoms with van der Waals surface area (Å²) in [5, 5.41) is 0. The highest BCUT2D eigenvalue weighted by molar-refractivity contribution is 6.17. The fraction of sp³-hybridized carbons (Fsp3) is 0.571. The van der Waals surface area contributed by atoms with E-state index in [9.17, 15) is 13.2 Å². The van der Waals surface area contributed by atoms with Crippen LogP contribution in [0, 0.1) is 12.8 Å². The van der Waals surface area contributed by atoms with Gasteiger partial charge in [0, 0.05) is 24.7 Å². The molecule has 0 bridgehead atoms. The standard InChI is InChI=1S/C14H17ClF3N/c1-10-4-5-13(11(7-10)8-15)19-6-2-3-12(9-19)14(16,17)18/h4-5,7,12H,2-3,6,8-9H2,1H3. The van der Waals surface area contributed by atoms with Crippen LogP contribution in [-0.4, -0.2) is 19.3 Å². The van der Waals surface area contributed by atoms with Gasteiger partial charge in [0.1, 0.15) is 0 Å². The molecule has 19 heavy (non-hydrogen) atoms. The van der Waals surface area contributed by atoms with Crippen LogP contribution in [0.3, 0.4) is 0 Å². The van der Waals surface area contributed by atoms with Gasteiger partial charge in [-0.25, -0.2) is 0 Å². The Labute approximate surface area is 116 Å². The van der Waals surface area contributed by atoms with Crippen LogP contribution < -0.4 is 4.90 Å². The summed E-state index contributed by atoms with van der Waals surface area (Å²) in [4.78, 5) is 1.82. The normalized spacial score (nSPS) is 20.7. The highest BCUT2D eigenvalue weighted by Crippen LogP contribution is 2.36. The van der Waals surface area contributed by atoms with Gasteiger partial charge in [-0.3, -0.25) is 0 Å². The Morgan fingerprint density at radius 1 is 1.37 bits per heavy atom. The van der Waals surface area contributed by atoms with Gasteiger partial charge in [0.25, 0.3) is 0 Å². The smallest absolute Gasteiger partial charge is 0.371 e. The van der Waals surface area contributed by atoms with Crippen LogP contribution in [0.2, 0.25) is 0 Å². The molecule has 1 saturated heterocycles. The van der Waals surface area contributed by atoms with Gasteiger partial charge in [-0.05, 0) is 31.4 Å². The van der Waals surface area contributed by atoms with Crippen molar-refractivity contribution in [3.05, 3.63) is 29.3 Å². The fourth-order valence-electron chi connectivity index (χ4n) is 2.59. The summed E-state index contributed by atoms with van der Waals surface area (Å²) < 4.78 is 38.5. The Morgan fingerprint density at radius 3 is 2.74 bits per heavy atom. The number of hydrogen-bond donors (Lipinski definition) is 0. The minimum atomic E-state index is -4.11. The van der Waals surface area contributed by atoms with E-state index in [-0.39, 0.29) is 13.0 Å². The molecular weight excluding hydrogens is 275 g/mol. The lowest BCUT2D eigenvalue weighted by Gasteiger charge is -2.36. The van der Waals surface area contributed by atoms with Crippen LogP contribution in [0.4, 0.5) is 18.9 Å². The maximum Gasteiger partial charge on any atom is 0.393 e. The van der Waals surface area contributed by atoms with Gasteiger partial charge in [-0.2, -0.15) is 13.2 Å². The van der Waals surface area contributed by atoms with E-state index in [2.05, 4.69) is 0 Å². The molecule has 106 valence electrons. The van der Waals surface area contributed by atoms with E-state index in [1.165, 1.54) is 0 Å². The summed E-state index contributed by atoms with van der Waals surface area (Å²) in [6.07, 6.45) is -3.31. The number of rotatable bonds is 2. The Balaban J connectivity index is 2.22. The summed E-state index contributed by atoms with van der Waals surface area (Å²) in [6.45, 7) is 2.66. The second-order valence-corrected chi connectivity index (χ2v) is 5.36. The molecule has 0 spiro atoms. The number of halogens is 4. The fourth-order valence-corrected chi connectivity index (χ4v) is 2.81. The Kier molecular flexibility index (Phi) is 4.29. The lowest BCUT2D eigenvalue weighted by Crippen LogP contribution is -2.42. The third-order valence-corrected chi connectivity index (χ3v) is 3.89. The van der Waals surface area contributed by atoms with Gasteiger partial charge < -0.3 is 4.90 Å². The van der Waals surface area contributed by atoms with Crippen molar-refractivity contribution in [2.24, 2.45) is 5.92 Å². The number of hydrogen-bond acceptors (Lipinski definition) is 1. The topological polar surface area (TPSA) is 3.24 Å². The number of aryl methyl sites for hydroxylation is 1. The van der Waals surface area contributed by atoms with Crippen LogP contribution in [0.1, 0.15) is 24.0 Å². The third kappa shape index (κ3) is 3.35. The number of nitrogens with zero attached hydrogens (tertiary/aromatic N) is 1. The van der Waals surface area contributed by atoms with Crippen molar-refractivity contribution in [2.75, 3.05) is 18.0 Å². The van der Waals surface area contributed by atoms with Crippen molar-refractivity contribution in [3.63, 3.8) is 0 Å². The molecule has 1 aromatic rings. The molecule has 1 nitrogen and oxygen atoms in total. The number of benzene rings is 1. The van der Waals surface area contributed by atoms with E-state index in [0.717, 1.165) is 16.8 Å². The van der Waals surface area contributed by atoms with Gasteiger partial charge >= 0.3 is 6.18 Å². The highest BCUT2D eigenvalue weighted by atomic mass is 35.5. The van der Waals surface area contributed by atoms with Gasteiger partial charge in [0.15, 0.2) is 0 Å². The first-order valence-electron chi connectivity index (χ1n) is 6.39. The number of anilines is 1. The van der Waals surface area contributed by atoms with Gasteiger partial charge in [-0.15, -0.1) is 11.6 Å². The summed E-state index contributed by atoms with van der Waals surface area (Å²) in [5.41, 5.74) is 2.82. The summed E-state index contributed by atoms with van der Waals surface area (Å²) in [5.74, 6) is -0.907. The van der Waals surface area contributed by atoms with E-state index < -0.39 is 12.1 Å². The lowest BCUT2D eigenvalue weighted by molar-refractivity contribution is -0.176. The second kappa shape index (κ2) is 5.61. The molecule has 0 radical (unpaired) electrons. The van der Waals surface area contributed by atoms with E-state index >= 15 is 0 Å². The van der Waals surface area contributed by atoms with Crippen molar-refractivity contribution < 1.29 is 13.2 Å². The van der Waals surface area contributed by atoms with E-state index in [4.69, 9.17) is 11.6 Å². The predicted molar refractivity (Wildman–Crippen MR) is 71.7 cm³/mol. The average Bonchev–Trinajstić information content (AvgIpc) is 2.37. The molecule has 0 N–H and O–H groups in total. The zero-order chi connectivity index (χ0) is 14.0. The minimum Gasteiger partial charge on any atom is -0.371 e. The first-order valence-corrected chi connectivity index (χ1v) is 6.92. The maximum absolute atomic E-state index is 12.8. The van der Waals surface area contributed by atoms with E-state index in [1.54, 1.807) is 0 Å². The molecule has 1 aromatic carbocycles. The van der Waals surface area contributed by atoms with Crippen LogP contribution in [0.5, 0.6) is 0 Å². The van der Waals surface area contributed by atoms with Crippen molar-refractivity contribution in [1.29, 1.82) is 0 Å². The molecule has 1 aliphatic rings. The Bertz CT molecular complexity index is 445. The molecule has 1 heterocycles. The van der Waals surface area contributed by atoms with Gasteiger partial charge in [0.05, 0.1) is 5.92 Å². The Hall–Kier alpha value is -0.900. The van der Waals surface area contributed by atoms with Crippen LogP contribution >= 0.6 is 11.6 Å². The molecule has 0 amide bonds. The van der Waals surface area contributed by atoms with Crippen LogP contribution in [0.15, 0.2) is 18.2 Å². The van der Waals surface area contributed by atoms with E-state index in [0.29, 0.717) is 18.8 Å². The third-order valence-electron chi connectivity index (χ3n) is 3.60. The number of piperidine rings is 1. The molecule has 1 fully saturated rings. The maximum atomic E-state index is 12.8. The molecule has 1 atom stereocenters. The van der Waals surface area contributed by atoms with Crippen molar-refractivity contribution in [2.45, 2.75) is 31.8 Å². The quantitative estimate of drug-likeness (QED) is 0.725. The minimum absolute atomic E-state index is 0.0381. The van der Waals surface area contributed by atoms with Crippen LogP contribution in [-0.2, 0) is 5.88 Å². The van der Waals surface area contributed by atoms with E-state index in [1.807, 2.05) is 30.0 Å². The average molecular weight is 292 g/mol. The molecule has 0 saturated carbocycles. The lowest BCUT2D eigenvalue weighted by atomic mass is 9.96. The monoisotopic (exact) mass is 291 g/mol. The zero-order valence-corrected chi connectivity index (χ0v) is 11.6. The summed E-state index contributed by atoms with van der Waals surface area (Å²) in [6, 6.07) is 5.74. The molecular formula is C14H17ClF3N. The molecule has 2 rings (SSSR count). The first kappa shape index (κ1) is 14.5. The van der Waals surface area contributed by atoms with Gasteiger partial charge in [0.2, 0.25) is 0 Å². The van der Waals surface area contributed by atoms with Crippen molar-refractivity contribution in [3.8, 4) is 0 Å².